The van der Waals surface area contributed by atoms with Gasteiger partial charge in [0.05, 0.1) is 16.5 Å². The zero-order valence-corrected chi connectivity index (χ0v) is 22.3. The van der Waals surface area contributed by atoms with Gasteiger partial charge in [-0.1, -0.05) is 37.6 Å². The Hall–Kier alpha value is -3.30. The molecule has 38 heavy (non-hydrogen) atoms. The summed E-state index contributed by atoms with van der Waals surface area (Å²) >= 11 is 6.08. The zero-order valence-electron chi connectivity index (χ0n) is 21.6. The maximum absolute atomic E-state index is 14.1. The average Bonchev–Trinajstić information content (AvgIpc) is 3.34. The van der Waals surface area contributed by atoms with Crippen molar-refractivity contribution in [3.05, 3.63) is 87.2 Å². The fourth-order valence-corrected chi connectivity index (χ4v) is 6.12. The lowest BCUT2D eigenvalue weighted by molar-refractivity contribution is -0.152. The van der Waals surface area contributed by atoms with Crippen LogP contribution in [0.4, 0.5) is 10.2 Å². The molecule has 5 rings (SSSR count). The van der Waals surface area contributed by atoms with Crippen LogP contribution in [-0.2, 0) is 17.4 Å². The summed E-state index contributed by atoms with van der Waals surface area (Å²) in [6.45, 7) is 5.51. The molecule has 4 atom stereocenters. The number of hydrogen-bond acceptors (Lipinski definition) is 6. The fraction of sp³-hybridized carbons (Fsp3) is 0.429. The standard InChI is InChI=1S/C28H31ClFN5O3/c1-17-13-35(14-18(2)28(17,38)19-4-7-21(30)8-5-19)27(37)23-16-34(25-10-11-26(36)33(3)32-25)15-22(23)24-9-6-20(29)12-31-24/h4-12,17-18,22-23,38H,13-16H2,1-3H3. The highest BCUT2D eigenvalue weighted by Gasteiger charge is 2.49. The van der Waals surface area contributed by atoms with Crippen LogP contribution < -0.4 is 10.5 Å². The number of rotatable bonds is 4. The molecule has 2 fully saturated rings. The largest absolute Gasteiger partial charge is 0.384 e. The summed E-state index contributed by atoms with van der Waals surface area (Å²) in [5.74, 6) is -0.898. The molecule has 4 heterocycles. The second-order valence-electron chi connectivity index (χ2n) is 10.6. The molecule has 2 aromatic heterocycles. The van der Waals surface area contributed by atoms with E-state index in [9.17, 15) is 19.1 Å². The van der Waals surface area contributed by atoms with E-state index in [4.69, 9.17) is 11.6 Å². The molecule has 2 aliphatic heterocycles. The van der Waals surface area contributed by atoms with Gasteiger partial charge in [0.15, 0.2) is 0 Å². The molecular formula is C28H31ClFN5O3. The van der Waals surface area contributed by atoms with Crippen molar-refractivity contribution in [2.45, 2.75) is 25.4 Å². The second-order valence-corrected chi connectivity index (χ2v) is 11.0. The summed E-state index contributed by atoms with van der Waals surface area (Å²) in [4.78, 5) is 34.3. The molecular weight excluding hydrogens is 509 g/mol. The van der Waals surface area contributed by atoms with E-state index in [-0.39, 0.29) is 35.0 Å². The summed E-state index contributed by atoms with van der Waals surface area (Å²) in [5.41, 5.74) is 0.0340. The number of halogens is 2. The van der Waals surface area contributed by atoms with E-state index in [1.807, 2.05) is 29.7 Å². The topological polar surface area (TPSA) is 91.6 Å². The summed E-state index contributed by atoms with van der Waals surface area (Å²) in [7, 11) is 1.60. The number of carbonyl (C=O) groups is 1. The minimum Gasteiger partial charge on any atom is -0.384 e. The Labute approximate surface area is 225 Å². The smallest absolute Gasteiger partial charge is 0.266 e. The number of anilines is 1. The first-order chi connectivity index (χ1) is 18.1. The van der Waals surface area contributed by atoms with Crippen LogP contribution in [0.3, 0.4) is 0 Å². The first-order valence-corrected chi connectivity index (χ1v) is 13.1. The van der Waals surface area contributed by atoms with Gasteiger partial charge in [-0.3, -0.25) is 14.6 Å². The van der Waals surface area contributed by atoms with Crippen LogP contribution in [0.5, 0.6) is 0 Å². The van der Waals surface area contributed by atoms with Crippen molar-refractivity contribution in [3.8, 4) is 0 Å². The van der Waals surface area contributed by atoms with E-state index < -0.39 is 11.5 Å². The first kappa shape index (κ1) is 26.3. The van der Waals surface area contributed by atoms with Gasteiger partial charge in [0.25, 0.3) is 5.56 Å². The number of aliphatic hydroxyl groups is 1. The van der Waals surface area contributed by atoms with E-state index in [2.05, 4.69) is 10.1 Å². The molecule has 4 unspecified atom stereocenters. The SMILES string of the molecule is CC1CN(C(=O)C2CN(c3ccc(=O)n(C)n3)CC2c2ccc(Cl)cn2)CC(C)C1(O)c1ccc(F)cc1. The normalized spacial score (nSPS) is 27.5. The molecule has 1 N–H and O–H groups in total. The highest BCUT2D eigenvalue weighted by atomic mass is 35.5. The van der Waals surface area contributed by atoms with E-state index in [0.29, 0.717) is 42.6 Å². The van der Waals surface area contributed by atoms with Crippen LogP contribution in [0.2, 0.25) is 5.02 Å². The van der Waals surface area contributed by atoms with E-state index in [1.54, 1.807) is 37.5 Å². The van der Waals surface area contributed by atoms with Crippen molar-refractivity contribution >= 4 is 23.3 Å². The Morgan fingerprint density at radius 3 is 2.32 bits per heavy atom. The van der Waals surface area contributed by atoms with Crippen LogP contribution >= 0.6 is 11.6 Å². The highest BCUT2D eigenvalue weighted by Crippen LogP contribution is 2.43. The molecule has 0 spiro atoms. The van der Waals surface area contributed by atoms with E-state index in [0.717, 1.165) is 5.69 Å². The Kier molecular flexibility index (Phi) is 7.00. The van der Waals surface area contributed by atoms with Crippen molar-refractivity contribution in [2.75, 3.05) is 31.1 Å². The van der Waals surface area contributed by atoms with Gasteiger partial charge < -0.3 is 14.9 Å². The lowest BCUT2D eigenvalue weighted by Crippen LogP contribution is -2.57. The molecule has 2 aliphatic rings. The van der Waals surface area contributed by atoms with Gasteiger partial charge in [0, 0.05) is 68.9 Å². The number of pyridine rings is 1. The van der Waals surface area contributed by atoms with E-state index in [1.165, 1.54) is 22.9 Å². The Bertz CT molecular complexity index is 1370. The van der Waals surface area contributed by atoms with Crippen molar-refractivity contribution in [3.63, 3.8) is 0 Å². The molecule has 3 aromatic rings. The van der Waals surface area contributed by atoms with Gasteiger partial charge in [0.1, 0.15) is 11.6 Å². The lowest BCUT2D eigenvalue weighted by Gasteiger charge is -2.48. The lowest BCUT2D eigenvalue weighted by atomic mass is 9.70. The molecule has 200 valence electrons. The number of carbonyl (C=O) groups excluding carboxylic acids is 1. The maximum Gasteiger partial charge on any atom is 0.266 e. The van der Waals surface area contributed by atoms with Gasteiger partial charge in [-0.25, -0.2) is 9.07 Å². The van der Waals surface area contributed by atoms with Crippen LogP contribution in [0.15, 0.2) is 59.5 Å². The molecule has 10 heteroatoms. The number of hydrogen-bond donors (Lipinski definition) is 1. The minimum atomic E-state index is -1.18. The summed E-state index contributed by atoms with van der Waals surface area (Å²) in [6, 6.07) is 12.7. The number of likely N-dealkylation sites (tertiary alicyclic amines) is 1. The Morgan fingerprint density at radius 1 is 1.03 bits per heavy atom. The molecule has 0 bridgehead atoms. The molecule has 8 nitrogen and oxygen atoms in total. The van der Waals surface area contributed by atoms with E-state index >= 15 is 0 Å². The Morgan fingerprint density at radius 2 is 1.71 bits per heavy atom. The third-order valence-electron chi connectivity index (χ3n) is 8.15. The zero-order chi connectivity index (χ0) is 27.2. The van der Waals surface area contributed by atoms with Crippen LogP contribution in [0.25, 0.3) is 0 Å². The summed E-state index contributed by atoms with van der Waals surface area (Å²) in [6.07, 6.45) is 1.58. The van der Waals surface area contributed by atoms with Gasteiger partial charge in [-0.15, -0.1) is 0 Å². The third-order valence-corrected chi connectivity index (χ3v) is 8.37. The number of nitrogens with zero attached hydrogens (tertiary/aromatic N) is 5. The molecule has 2 saturated heterocycles. The van der Waals surface area contributed by atoms with Crippen molar-refractivity contribution < 1.29 is 14.3 Å². The molecule has 1 aromatic carbocycles. The predicted molar refractivity (Wildman–Crippen MR) is 142 cm³/mol. The average molecular weight is 540 g/mol. The maximum atomic E-state index is 14.1. The number of benzene rings is 1. The third kappa shape index (κ3) is 4.69. The number of aromatic nitrogens is 3. The van der Waals surface area contributed by atoms with Crippen LogP contribution in [0, 0.1) is 23.6 Å². The fourth-order valence-electron chi connectivity index (χ4n) is 6.01. The van der Waals surface area contributed by atoms with Crippen molar-refractivity contribution in [1.82, 2.24) is 19.7 Å². The number of amides is 1. The quantitative estimate of drug-likeness (QED) is 0.547. The monoisotopic (exact) mass is 539 g/mol. The Balaban J connectivity index is 1.42. The molecule has 0 saturated carbocycles. The number of piperidine rings is 1. The van der Waals surface area contributed by atoms with Gasteiger partial charge in [0.2, 0.25) is 5.91 Å². The molecule has 0 radical (unpaired) electrons. The van der Waals surface area contributed by atoms with Crippen LogP contribution in [-0.4, -0.2) is 56.9 Å². The van der Waals surface area contributed by atoms with Crippen molar-refractivity contribution in [1.29, 1.82) is 0 Å². The predicted octanol–water partition coefficient (Wildman–Crippen LogP) is 3.19. The first-order valence-electron chi connectivity index (χ1n) is 12.8. The van der Waals surface area contributed by atoms with Crippen LogP contribution in [0.1, 0.15) is 31.0 Å². The number of aryl methyl sites for hydroxylation is 1. The van der Waals surface area contributed by atoms with Gasteiger partial charge in [-0.05, 0) is 35.9 Å². The molecule has 0 aliphatic carbocycles. The highest BCUT2D eigenvalue weighted by molar-refractivity contribution is 6.30. The summed E-state index contributed by atoms with van der Waals surface area (Å²) in [5, 5.41) is 16.6. The molecule has 1 amide bonds. The second kappa shape index (κ2) is 10.1. The van der Waals surface area contributed by atoms with Gasteiger partial charge in [-0.2, -0.15) is 5.10 Å². The minimum absolute atomic E-state index is 0.0149. The van der Waals surface area contributed by atoms with Crippen molar-refractivity contribution in [2.24, 2.45) is 24.8 Å². The summed E-state index contributed by atoms with van der Waals surface area (Å²) < 4.78 is 14.8. The van der Waals surface area contributed by atoms with Gasteiger partial charge >= 0.3 is 0 Å².